The lowest BCUT2D eigenvalue weighted by atomic mass is 10.0. The number of aliphatic hydroxyl groups excluding tert-OH is 1. The van der Waals surface area contributed by atoms with E-state index in [1.807, 2.05) is 51.1 Å². The van der Waals surface area contributed by atoms with Crippen molar-refractivity contribution in [1.29, 1.82) is 0 Å². The largest absolute Gasteiger partial charge is 0.393 e. The van der Waals surface area contributed by atoms with Crippen molar-refractivity contribution in [2.24, 2.45) is 0 Å². The first-order chi connectivity index (χ1) is 10.3. The van der Waals surface area contributed by atoms with Crippen LogP contribution in [-0.4, -0.2) is 42.4 Å². The van der Waals surface area contributed by atoms with Crippen molar-refractivity contribution < 1.29 is 24.7 Å². The molecule has 1 unspecified atom stereocenters. The van der Waals surface area contributed by atoms with Crippen molar-refractivity contribution in [2.75, 3.05) is 26.4 Å². The molecule has 1 atom stereocenters. The van der Waals surface area contributed by atoms with Crippen LogP contribution in [0.1, 0.15) is 32.8 Å². The fourth-order valence-corrected chi connectivity index (χ4v) is 1.82. The van der Waals surface area contributed by atoms with Crippen molar-refractivity contribution in [1.82, 2.24) is 0 Å². The van der Waals surface area contributed by atoms with Gasteiger partial charge in [-0.05, 0) is 12.5 Å². The van der Waals surface area contributed by atoms with Crippen molar-refractivity contribution in [3.05, 3.63) is 35.9 Å². The Kier molecular flexibility index (Phi) is 12.1. The van der Waals surface area contributed by atoms with Gasteiger partial charge in [-0.25, -0.2) is 4.89 Å². The van der Waals surface area contributed by atoms with E-state index in [4.69, 9.17) is 14.7 Å². The summed E-state index contributed by atoms with van der Waals surface area (Å²) in [6, 6.07) is 9.77. The molecule has 1 aromatic carbocycles. The Bertz CT molecular complexity index is 331. The second kappa shape index (κ2) is 12.7. The smallest absolute Gasteiger partial charge is 0.117 e. The molecule has 1 rings (SSSR count). The molecule has 122 valence electrons. The molecule has 5 nitrogen and oxygen atoms in total. The molecule has 0 saturated carbocycles. The van der Waals surface area contributed by atoms with Crippen LogP contribution in [-0.2, 0) is 21.0 Å². The summed E-state index contributed by atoms with van der Waals surface area (Å²) in [5.74, 6) is 0. The Morgan fingerprint density at radius 2 is 1.81 bits per heavy atom. The average molecular weight is 300 g/mol. The minimum absolute atomic E-state index is 0.0925. The third-order valence-corrected chi connectivity index (χ3v) is 2.86. The fraction of sp³-hybridized carbons (Fsp3) is 0.625. The Labute approximate surface area is 127 Å². The number of aliphatic hydroxyl groups is 1. The van der Waals surface area contributed by atoms with Crippen LogP contribution >= 0.6 is 0 Å². The van der Waals surface area contributed by atoms with E-state index in [0.717, 1.165) is 5.56 Å². The van der Waals surface area contributed by atoms with Gasteiger partial charge in [0.15, 0.2) is 0 Å². The van der Waals surface area contributed by atoms with Gasteiger partial charge < -0.3 is 14.6 Å². The molecule has 5 heteroatoms. The van der Waals surface area contributed by atoms with Gasteiger partial charge in [0.1, 0.15) is 5.60 Å². The van der Waals surface area contributed by atoms with Crippen LogP contribution in [0.4, 0.5) is 0 Å². The molecule has 0 aliphatic carbocycles. The predicted octanol–water partition coefficient (Wildman–Crippen LogP) is 2.88. The zero-order chi connectivity index (χ0) is 16.0. The van der Waals surface area contributed by atoms with Gasteiger partial charge >= 0.3 is 0 Å². The first-order valence-corrected chi connectivity index (χ1v) is 7.39. The molecule has 0 radical (unpaired) electrons. The zero-order valence-electron chi connectivity index (χ0n) is 13.2. The molecule has 21 heavy (non-hydrogen) atoms. The SMILES string of the molecule is CC.CCOC(CO)(CCOO)COCc1ccccc1. The summed E-state index contributed by atoms with van der Waals surface area (Å²) in [5.41, 5.74) is 0.232. The van der Waals surface area contributed by atoms with E-state index >= 15 is 0 Å². The van der Waals surface area contributed by atoms with Crippen molar-refractivity contribution in [3.63, 3.8) is 0 Å². The van der Waals surface area contributed by atoms with Gasteiger partial charge in [-0.15, -0.1) is 0 Å². The van der Waals surface area contributed by atoms with Crippen molar-refractivity contribution in [3.8, 4) is 0 Å². The van der Waals surface area contributed by atoms with Gasteiger partial charge in [0.25, 0.3) is 0 Å². The average Bonchev–Trinajstić information content (AvgIpc) is 2.55. The van der Waals surface area contributed by atoms with Gasteiger partial charge in [0.2, 0.25) is 0 Å². The van der Waals surface area contributed by atoms with Gasteiger partial charge in [0, 0.05) is 13.0 Å². The van der Waals surface area contributed by atoms with Crippen LogP contribution in [0.25, 0.3) is 0 Å². The van der Waals surface area contributed by atoms with E-state index < -0.39 is 5.60 Å². The Hall–Kier alpha value is -0.980. The molecule has 0 heterocycles. The van der Waals surface area contributed by atoms with E-state index in [-0.39, 0.29) is 19.8 Å². The first kappa shape index (κ1) is 20.0. The standard InChI is InChI=1S/C14H22O5.C2H6/c1-2-18-14(11-15,8-9-19-16)12-17-10-13-6-4-3-5-7-13;1-2/h3-7,15-16H,2,8-12H2,1H3;1-2H3. The summed E-state index contributed by atoms with van der Waals surface area (Å²) in [7, 11) is 0. The quantitative estimate of drug-likeness (QED) is 0.514. The highest BCUT2D eigenvalue weighted by atomic mass is 17.1. The molecule has 0 aliphatic heterocycles. The van der Waals surface area contributed by atoms with E-state index in [1.54, 1.807) is 0 Å². The second-order valence-corrected chi connectivity index (χ2v) is 4.34. The van der Waals surface area contributed by atoms with Crippen LogP contribution in [0.5, 0.6) is 0 Å². The summed E-state index contributed by atoms with van der Waals surface area (Å²) >= 11 is 0. The Morgan fingerprint density at radius 1 is 1.14 bits per heavy atom. The third-order valence-electron chi connectivity index (χ3n) is 2.86. The summed E-state index contributed by atoms with van der Waals surface area (Å²) in [5, 5.41) is 17.9. The molecule has 0 aliphatic rings. The number of ether oxygens (including phenoxy) is 2. The molecule has 0 spiro atoms. The molecule has 0 aromatic heterocycles. The maximum atomic E-state index is 9.49. The lowest BCUT2D eigenvalue weighted by molar-refractivity contribution is -0.255. The molecular weight excluding hydrogens is 272 g/mol. The van der Waals surface area contributed by atoms with Gasteiger partial charge in [-0.3, -0.25) is 5.26 Å². The minimum atomic E-state index is -0.827. The summed E-state index contributed by atoms with van der Waals surface area (Å²) in [6.45, 7) is 6.92. The van der Waals surface area contributed by atoms with Crippen molar-refractivity contribution >= 4 is 0 Å². The van der Waals surface area contributed by atoms with Gasteiger partial charge in [-0.1, -0.05) is 44.2 Å². The molecular formula is C16H28O5. The Morgan fingerprint density at radius 3 is 2.33 bits per heavy atom. The van der Waals surface area contributed by atoms with Gasteiger partial charge in [0.05, 0.1) is 26.4 Å². The van der Waals surface area contributed by atoms with E-state index in [1.165, 1.54) is 0 Å². The van der Waals surface area contributed by atoms with Crippen LogP contribution in [0.3, 0.4) is 0 Å². The third kappa shape index (κ3) is 8.14. The number of rotatable bonds is 10. The maximum Gasteiger partial charge on any atom is 0.117 e. The fourth-order valence-electron chi connectivity index (χ4n) is 1.82. The predicted molar refractivity (Wildman–Crippen MR) is 82.1 cm³/mol. The van der Waals surface area contributed by atoms with E-state index in [2.05, 4.69) is 4.89 Å². The topological polar surface area (TPSA) is 68.2 Å². The molecule has 2 N–H and O–H groups in total. The molecule has 0 amide bonds. The van der Waals surface area contributed by atoms with Crippen LogP contribution < -0.4 is 0 Å². The van der Waals surface area contributed by atoms with Crippen molar-refractivity contribution in [2.45, 2.75) is 39.4 Å². The van der Waals surface area contributed by atoms with Crippen LogP contribution in [0, 0.1) is 0 Å². The normalized spacial score (nSPS) is 13.2. The van der Waals surface area contributed by atoms with Crippen LogP contribution in [0.2, 0.25) is 0 Å². The highest BCUT2D eigenvalue weighted by molar-refractivity contribution is 5.13. The van der Waals surface area contributed by atoms with Crippen LogP contribution in [0.15, 0.2) is 30.3 Å². The monoisotopic (exact) mass is 300 g/mol. The summed E-state index contributed by atoms with van der Waals surface area (Å²) in [6.07, 6.45) is 0.364. The number of benzene rings is 1. The summed E-state index contributed by atoms with van der Waals surface area (Å²) < 4.78 is 11.2. The molecule has 1 aromatic rings. The maximum absolute atomic E-state index is 9.49. The van der Waals surface area contributed by atoms with Gasteiger partial charge in [-0.2, -0.15) is 0 Å². The molecule has 0 saturated heterocycles. The van der Waals surface area contributed by atoms with E-state index in [9.17, 15) is 5.11 Å². The summed E-state index contributed by atoms with van der Waals surface area (Å²) in [4.78, 5) is 4.06. The molecule has 0 bridgehead atoms. The second-order valence-electron chi connectivity index (χ2n) is 4.34. The highest BCUT2D eigenvalue weighted by Gasteiger charge is 2.30. The highest BCUT2D eigenvalue weighted by Crippen LogP contribution is 2.17. The zero-order valence-corrected chi connectivity index (χ0v) is 13.2. The number of hydrogen-bond donors (Lipinski definition) is 2. The minimum Gasteiger partial charge on any atom is -0.393 e. The first-order valence-electron chi connectivity index (χ1n) is 7.39. The number of hydrogen-bond acceptors (Lipinski definition) is 5. The lowest BCUT2D eigenvalue weighted by Crippen LogP contribution is -2.43. The lowest BCUT2D eigenvalue weighted by Gasteiger charge is -2.31. The Balaban J connectivity index is 0.00000191. The van der Waals surface area contributed by atoms with E-state index in [0.29, 0.717) is 19.6 Å². The molecule has 0 fully saturated rings.